The largest absolute Gasteiger partial charge is 0.417 e. The van der Waals surface area contributed by atoms with Gasteiger partial charge in [0.25, 0.3) is 0 Å². The van der Waals surface area contributed by atoms with Crippen LogP contribution in [0.4, 0.5) is 14.9 Å². The second-order valence-corrected chi connectivity index (χ2v) is 8.00. The molecule has 0 radical (unpaired) electrons. The van der Waals surface area contributed by atoms with Gasteiger partial charge in [0.15, 0.2) is 11.6 Å². The molecule has 0 bridgehead atoms. The summed E-state index contributed by atoms with van der Waals surface area (Å²) in [6, 6.07) is 12.3. The first-order valence-electron chi connectivity index (χ1n) is 10.3. The van der Waals surface area contributed by atoms with Gasteiger partial charge in [-0.05, 0) is 80.6 Å². The lowest BCUT2D eigenvalue weighted by molar-refractivity contribution is 0.181. The Kier molecular flexibility index (Phi) is 4.72. The number of nitrogens with zero attached hydrogens (tertiary/aromatic N) is 1. The molecule has 0 spiro atoms. The molecule has 29 heavy (non-hydrogen) atoms. The van der Waals surface area contributed by atoms with E-state index in [0.29, 0.717) is 17.6 Å². The van der Waals surface area contributed by atoms with Crippen molar-refractivity contribution in [3.8, 4) is 5.75 Å². The van der Waals surface area contributed by atoms with Gasteiger partial charge in [-0.25, -0.2) is 9.18 Å². The van der Waals surface area contributed by atoms with Gasteiger partial charge in [0.1, 0.15) is 0 Å². The second kappa shape index (κ2) is 7.52. The molecular formula is C23H24FN3O2. The van der Waals surface area contributed by atoms with Gasteiger partial charge in [-0.15, -0.1) is 0 Å². The summed E-state index contributed by atoms with van der Waals surface area (Å²) in [5.41, 5.74) is 3.01. The molecule has 150 valence electrons. The number of aromatic nitrogens is 1. The van der Waals surface area contributed by atoms with Crippen molar-refractivity contribution < 1.29 is 13.9 Å². The van der Waals surface area contributed by atoms with Crippen molar-refractivity contribution >= 4 is 22.7 Å². The Balaban J connectivity index is 1.34. The number of nitrogens with one attached hydrogen (secondary N) is 2. The van der Waals surface area contributed by atoms with Crippen LogP contribution >= 0.6 is 0 Å². The Morgan fingerprint density at radius 1 is 1.17 bits per heavy atom. The number of carbonyl (C=O) groups is 1. The maximum absolute atomic E-state index is 13.7. The number of piperidine rings is 1. The van der Waals surface area contributed by atoms with Gasteiger partial charge in [0, 0.05) is 28.8 Å². The molecule has 2 fully saturated rings. The van der Waals surface area contributed by atoms with E-state index in [4.69, 9.17) is 4.74 Å². The Labute approximate surface area is 168 Å². The molecule has 1 aromatic heterocycles. The Morgan fingerprint density at radius 3 is 2.97 bits per heavy atom. The number of rotatable bonds is 3. The zero-order chi connectivity index (χ0) is 19.8. The summed E-state index contributed by atoms with van der Waals surface area (Å²) < 4.78 is 18.8. The van der Waals surface area contributed by atoms with Gasteiger partial charge in [-0.2, -0.15) is 0 Å². The van der Waals surface area contributed by atoms with Crippen LogP contribution in [0.1, 0.15) is 37.2 Å². The summed E-state index contributed by atoms with van der Waals surface area (Å²) >= 11 is 0. The van der Waals surface area contributed by atoms with Gasteiger partial charge < -0.3 is 14.6 Å². The molecule has 3 heterocycles. The van der Waals surface area contributed by atoms with Crippen molar-refractivity contribution in [3.05, 3.63) is 60.0 Å². The highest BCUT2D eigenvalue weighted by Gasteiger charge is 2.33. The lowest BCUT2D eigenvalue weighted by Crippen LogP contribution is -2.37. The Bertz CT molecular complexity index is 1050. The van der Waals surface area contributed by atoms with Gasteiger partial charge in [-0.3, -0.25) is 5.32 Å². The summed E-state index contributed by atoms with van der Waals surface area (Å²) in [7, 11) is 0. The van der Waals surface area contributed by atoms with E-state index in [0.717, 1.165) is 23.9 Å². The highest BCUT2D eigenvalue weighted by atomic mass is 19.1. The summed E-state index contributed by atoms with van der Waals surface area (Å²) in [5.74, 6) is -0.121. The molecular weight excluding hydrogens is 369 g/mol. The van der Waals surface area contributed by atoms with Crippen molar-refractivity contribution in [2.45, 2.75) is 37.6 Å². The predicted molar refractivity (Wildman–Crippen MR) is 111 cm³/mol. The number of hydrogen-bond acceptors (Lipinski definition) is 3. The van der Waals surface area contributed by atoms with E-state index in [1.165, 1.54) is 43.5 Å². The van der Waals surface area contributed by atoms with E-state index in [-0.39, 0.29) is 5.75 Å². The molecule has 5 rings (SSSR count). The summed E-state index contributed by atoms with van der Waals surface area (Å²) in [5, 5.41) is 3.85. The SMILES string of the molecule is O=C(Nc1ccc2[nH]cc(C3CCN4CCCC4C3)c2c1)Oc1ccccc1F. The van der Waals surface area contributed by atoms with Crippen molar-refractivity contribution in [1.82, 2.24) is 9.88 Å². The van der Waals surface area contributed by atoms with Gasteiger partial charge in [0.05, 0.1) is 0 Å². The predicted octanol–water partition coefficient (Wildman–Crippen LogP) is 5.26. The van der Waals surface area contributed by atoms with E-state index in [1.807, 2.05) is 18.2 Å². The van der Waals surface area contributed by atoms with Crippen LogP contribution in [0.2, 0.25) is 0 Å². The molecule has 2 aliphatic rings. The molecule has 1 amide bonds. The van der Waals surface area contributed by atoms with E-state index < -0.39 is 11.9 Å². The van der Waals surface area contributed by atoms with E-state index >= 15 is 0 Å². The quantitative estimate of drug-likeness (QED) is 0.638. The van der Waals surface area contributed by atoms with E-state index in [9.17, 15) is 9.18 Å². The Hall–Kier alpha value is -2.86. The number of amides is 1. The second-order valence-electron chi connectivity index (χ2n) is 8.00. The van der Waals surface area contributed by atoms with Crippen molar-refractivity contribution in [2.24, 2.45) is 0 Å². The number of aromatic amines is 1. The maximum atomic E-state index is 13.7. The molecule has 2 saturated heterocycles. The van der Waals surface area contributed by atoms with Gasteiger partial charge in [-0.1, -0.05) is 12.1 Å². The molecule has 6 heteroatoms. The molecule has 2 unspecified atom stereocenters. The topological polar surface area (TPSA) is 57.4 Å². The van der Waals surface area contributed by atoms with Crippen LogP contribution in [-0.4, -0.2) is 35.1 Å². The van der Waals surface area contributed by atoms with Crippen LogP contribution in [0.25, 0.3) is 10.9 Å². The fourth-order valence-corrected chi connectivity index (χ4v) is 4.84. The molecule has 2 aliphatic heterocycles. The van der Waals surface area contributed by atoms with Crippen molar-refractivity contribution in [2.75, 3.05) is 18.4 Å². The standard InChI is InChI=1S/C23H24FN3O2/c24-20-5-1-2-6-22(20)29-23(28)26-16-7-8-21-18(13-16)19(14-25-21)15-9-11-27-10-3-4-17(27)12-15/h1-2,5-8,13-15,17,25H,3-4,9-12H2,(H,26,28). The number of para-hydroxylation sites is 1. The van der Waals surface area contributed by atoms with Crippen LogP contribution in [0.15, 0.2) is 48.7 Å². The summed E-state index contributed by atoms with van der Waals surface area (Å²) in [6.45, 7) is 2.40. The minimum Gasteiger partial charge on any atom is -0.407 e. The van der Waals surface area contributed by atoms with E-state index in [1.54, 1.807) is 12.1 Å². The molecule has 3 aromatic rings. The smallest absolute Gasteiger partial charge is 0.407 e. The molecule has 5 nitrogen and oxygen atoms in total. The fourth-order valence-electron chi connectivity index (χ4n) is 4.84. The normalized spacial score (nSPS) is 21.8. The number of ether oxygens (including phenoxy) is 1. The van der Waals surface area contributed by atoms with Crippen molar-refractivity contribution in [1.29, 1.82) is 0 Å². The van der Waals surface area contributed by atoms with Crippen molar-refractivity contribution in [3.63, 3.8) is 0 Å². The number of halogens is 1. The zero-order valence-corrected chi connectivity index (χ0v) is 16.2. The first kappa shape index (κ1) is 18.2. The molecule has 0 aliphatic carbocycles. The first-order chi connectivity index (χ1) is 14.2. The maximum Gasteiger partial charge on any atom is 0.417 e. The van der Waals surface area contributed by atoms with Crippen LogP contribution in [-0.2, 0) is 0 Å². The van der Waals surface area contributed by atoms with Gasteiger partial charge in [0.2, 0.25) is 0 Å². The first-order valence-corrected chi connectivity index (χ1v) is 10.3. The minimum absolute atomic E-state index is 0.0864. The molecule has 0 saturated carbocycles. The lowest BCUT2D eigenvalue weighted by Gasteiger charge is -2.34. The number of benzene rings is 2. The monoisotopic (exact) mass is 393 g/mol. The third-order valence-electron chi connectivity index (χ3n) is 6.26. The fraction of sp³-hybridized carbons (Fsp3) is 0.348. The minimum atomic E-state index is -0.703. The number of hydrogen-bond donors (Lipinski definition) is 2. The molecule has 2 atom stereocenters. The highest BCUT2D eigenvalue weighted by Crippen LogP contribution is 2.39. The third kappa shape index (κ3) is 3.60. The molecule has 2 aromatic carbocycles. The third-order valence-corrected chi connectivity index (χ3v) is 6.26. The number of carbonyl (C=O) groups excluding carboxylic acids is 1. The van der Waals surface area contributed by atoms with Crippen LogP contribution < -0.4 is 10.1 Å². The zero-order valence-electron chi connectivity index (χ0n) is 16.2. The van der Waals surface area contributed by atoms with Crippen LogP contribution in [0.5, 0.6) is 5.75 Å². The number of anilines is 1. The number of H-pyrrole nitrogens is 1. The van der Waals surface area contributed by atoms with Gasteiger partial charge >= 0.3 is 6.09 Å². The lowest BCUT2D eigenvalue weighted by atomic mass is 9.85. The number of fused-ring (bicyclic) bond motifs is 2. The average Bonchev–Trinajstić information content (AvgIpc) is 3.35. The van der Waals surface area contributed by atoms with Crippen LogP contribution in [0.3, 0.4) is 0 Å². The Morgan fingerprint density at radius 2 is 2.07 bits per heavy atom. The highest BCUT2D eigenvalue weighted by molar-refractivity contribution is 5.92. The average molecular weight is 393 g/mol. The summed E-state index contributed by atoms with van der Waals surface area (Å²) in [4.78, 5) is 18.2. The molecule has 2 N–H and O–H groups in total. The van der Waals surface area contributed by atoms with Crippen LogP contribution in [0, 0.1) is 5.82 Å². The van der Waals surface area contributed by atoms with E-state index in [2.05, 4.69) is 21.4 Å². The summed E-state index contributed by atoms with van der Waals surface area (Å²) in [6.07, 6.45) is 6.38.